The molecule has 7 nitrogen and oxygen atoms in total. The van der Waals surface area contributed by atoms with E-state index >= 15 is 0 Å². The SMILES string of the molecule is NC(=O)C(NC(=O)c1ccc2nc(Cl)ccc2c1)C(N)=O. The van der Waals surface area contributed by atoms with E-state index in [-0.39, 0.29) is 5.56 Å². The van der Waals surface area contributed by atoms with Crippen LogP contribution in [0.2, 0.25) is 5.15 Å². The topological polar surface area (TPSA) is 128 Å². The van der Waals surface area contributed by atoms with Crippen LogP contribution in [0, 0.1) is 0 Å². The maximum atomic E-state index is 12.0. The number of hydrogen-bond acceptors (Lipinski definition) is 4. The zero-order valence-electron chi connectivity index (χ0n) is 10.7. The highest BCUT2D eigenvalue weighted by Crippen LogP contribution is 2.17. The average Bonchev–Trinajstić information content (AvgIpc) is 2.43. The molecule has 0 bridgehead atoms. The molecule has 0 aliphatic carbocycles. The van der Waals surface area contributed by atoms with Gasteiger partial charge in [-0.25, -0.2) is 4.98 Å². The van der Waals surface area contributed by atoms with E-state index in [1.807, 2.05) is 0 Å². The molecule has 8 heteroatoms. The number of rotatable bonds is 4. The van der Waals surface area contributed by atoms with Crippen LogP contribution in [0.1, 0.15) is 10.4 Å². The molecule has 21 heavy (non-hydrogen) atoms. The number of nitrogens with two attached hydrogens (primary N) is 2. The summed E-state index contributed by atoms with van der Waals surface area (Å²) in [5.41, 5.74) is 10.8. The lowest BCUT2D eigenvalue weighted by Crippen LogP contribution is -2.52. The van der Waals surface area contributed by atoms with Crippen LogP contribution in [-0.4, -0.2) is 28.7 Å². The van der Waals surface area contributed by atoms with Gasteiger partial charge in [0.15, 0.2) is 6.04 Å². The number of carbonyl (C=O) groups excluding carboxylic acids is 3. The molecule has 3 amide bonds. The molecule has 0 saturated carbocycles. The molecular weight excluding hydrogens is 296 g/mol. The minimum absolute atomic E-state index is 0.235. The second-order valence-electron chi connectivity index (χ2n) is 4.25. The number of hydrogen-bond donors (Lipinski definition) is 3. The minimum atomic E-state index is -1.56. The molecule has 0 saturated heterocycles. The zero-order chi connectivity index (χ0) is 15.6. The summed E-state index contributed by atoms with van der Waals surface area (Å²) in [6.07, 6.45) is 0. The molecule has 0 spiro atoms. The van der Waals surface area contributed by atoms with Gasteiger partial charge < -0.3 is 16.8 Å². The van der Waals surface area contributed by atoms with E-state index in [9.17, 15) is 14.4 Å². The van der Waals surface area contributed by atoms with Crippen LogP contribution in [0.5, 0.6) is 0 Å². The Hall–Kier alpha value is -2.67. The summed E-state index contributed by atoms with van der Waals surface area (Å²) in [5, 5.41) is 3.19. The van der Waals surface area contributed by atoms with E-state index in [0.29, 0.717) is 16.1 Å². The Morgan fingerprint density at radius 1 is 1.10 bits per heavy atom. The number of amides is 3. The number of pyridine rings is 1. The molecule has 2 aromatic rings. The van der Waals surface area contributed by atoms with Crippen LogP contribution in [0.3, 0.4) is 0 Å². The van der Waals surface area contributed by atoms with Crippen LogP contribution in [0.4, 0.5) is 0 Å². The van der Waals surface area contributed by atoms with Gasteiger partial charge in [0.05, 0.1) is 5.52 Å². The maximum Gasteiger partial charge on any atom is 0.252 e. The van der Waals surface area contributed by atoms with Crippen molar-refractivity contribution in [3.8, 4) is 0 Å². The Bertz CT molecular complexity index is 733. The number of primary amides is 2. The second kappa shape index (κ2) is 5.76. The van der Waals surface area contributed by atoms with E-state index in [4.69, 9.17) is 23.1 Å². The van der Waals surface area contributed by atoms with Crippen LogP contribution in [0.15, 0.2) is 30.3 Å². The summed E-state index contributed by atoms with van der Waals surface area (Å²) in [6.45, 7) is 0. The van der Waals surface area contributed by atoms with Crippen LogP contribution in [0.25, 0.3) is 10.9 Å². The maximum absolute atomic E-state index is 12.0. The van der Waals surface area contributed by atoms with E-state index in [1.165, 1.54) is 6.07 Å². The summed E-state index contributed by atoms with van der Waals surface area (Å²) in [6, 6.07) is 6.35. The smallest absolute Gasteiger partial charge is 0.252 e. The van der Waals surface area contributed by atoms with Crippen molar-refractivity contribution >= 4 is 40.2 Å². The lowest BCUT2D eigenvalue weighted by molar-refractivity contribution is -0.128. The van der Waals surface area contributed by atoms with Gasteiger partial charge in [-0.15, -0.1) is 0 Å². The predicted molar refractivity (Wildman–Crippen MR) is 76.4 cm³/mol. The molecule has 108 valence electrons. The standard InChI is InChI=1S/C13H11ClN4O3/c14-9-4-2-6-5-7(1-3-8(6)17-9)13(21)18-10(11(15)19)12(16)20/h1-5,10H,(H2,15,19)(H2,16,20)(H,18,21). The Morgan fingerprint density at radius 3 is 2.38 bits per heavy atom. The van der Waals surface area contributed by atoms with Crippen LogP contribution in [-0.2, 0) is 9.59 Å². The molecule has 0 atom stereocenters. The fraction of sp³-hybridized carbons (Fsp3) is 0.0769. The summed E-state index contributed by atoms with van der Waals surface area (Å²) in [4.78, 5) is 38.2. The quantitative estimate of drug-likeness (QED) is 0.540. The van der Waals surface area contributed by atoms with Gasteiger partial charge in [-0.3, -0.25) is 14.4 Å². The van der Waals surface area contributed by atoms with E-state index in [1.54, 1.807) is 24.3 Å². The number of benzene rings is 1. The Morgan fingerprint density at radius 2 is 1.76 bits per heavy atom. The largest absolute Gasteiger partial charge is 0.367 e. The van der Waals surface area contributed by atoms with Gasteiger partial charge in [-0.1, -0.05) is 11.6 Å². The van der Waals surface area contributed by atoms with Gasteiger partial charge in [0, 0.05) is 10.9 Å². The first-order valence-corrected chi connectivity index (χ1v) is 6.22. The molecule has 2 rings (SSSR count). The fourth-order valence-corrected chi connectivity index (χ4v) is 1.89. The number of aromatic nitrogens is 1. The van der Waals surface area contributed by atoms with Crippen molar-refractivity contribution in [2.24, 2.45) is 11.5 Å². The molecule has 1 heterocycles. The third-order valence-corrected chi connectivity index (χ3v) is 2.97. The zero-order valence-corrected chi connectivity index (χ0v) is 11.4. The number of carbonyl (C=O) groups is 3. The third kappa shape index (κ3) is 3.26. The first-order valence-electron chi connectivity index (χ1n) is 5.84. The minimum Gasteiger partial charge on any atom is -0.367 e. The monoisotopic (exact) mass is 306 g/mol. The van der Waals surface area contributed by atoms with Crippen molar-refractivity contribution in [3.63, 3.8) is 0 Å². The van der Waals surface area contributed by atoms with Gasteiger partial charge >= 0.3 is 0 Å². The molecule has 0 fully saturated rings. The van der Waals surface area contributed by atoms with Crippen LogP contribution >= 0.6 is 11.6 Å². The van der Waals surface area contributed by atoms with Gasteiger partial charge in [-0.2, -0.15) is 0 Å². The van der Waals surface area contributed by atoms with Gasteiger partial charge in [0.25, 0.3) is 5.91 Å². The Balaban J connectivity index is 2.29. The van der Waals surface area contributed by atoms with Gasteiger partial charge in [0.2, 0.25) is 11.8 Å². The van der Waals surface area contributed by atoms with Crippen molar-refractivity contribution in [2.45, 2.75) is 6.04 Å². The van der Waals surface area contributed by atoms with Gasteiger partial charge in [-0.05, 0) is 30.3 Å². The highest BCUT2D eigenvalue weighted by Gasteiger charge is 2.24. The molecular formula is C13H11ClN4O3. The summed E-state index contributed by atoms with van der Waals surface area (Å²) >= 11 is 5.77. The van der Waals surface area contributed by atoms with Crippen molar-refractivity contribution < 1.29 is 14.4 Å². The number of fused-ring (bicyclic) bond motifs is 1. The van der Waals surface area contributed by atoms with Crippen molar-refractivity contribution in [1.29, 1.82) is 0 Å². The van der Waals surface area contributed by atoms with E-state index in [2.05, 4.69) is 10.3 Å². The average molecular weight is 307 g/mol. The molecule has 0 aliphatic heterocycles. The highest BCUT2D eigenvalue weighted by molar-refractivity contribution is 6.29. The molecule has 0 aliphatic rings. The van der Waals surface area contributed by atoms with Crippen molar-refractivity contribution in [2.75, 3.05) is 0 Å². The second-order valence-corrected chi connectivity index (χ2v) is 4.64. The number of nitrogens with zero attached hydrogens (tertiary/aromatic N) is 1. The van der Waals surface area contributed by atoms with Gasteiger partial charge in [0.1, 0.15) is 5.15 Å². The van der Waals surface area contributed by atoms with Crippen molar-refractivity contribution in [1.82, 2.24) is 10.3 Å². The Kier molecular flexibility index (Phi) is 4.04. The highest BCUT2D eigenvalue weighted by atomic mass is 35.5. The number of nitrogens with one attached hydrogen (secondary N) is 1. The lowest BCUT2D eigenvalue weighted by atomic mass is 10.1. The molecule has 0 radical (unpaired) electrons. The predicted octanol–water partition coefficient (Wildman–Crippen LogP) is -0.0428. The van der Waals surface area contributed by atoms with E-state index in [0.717, 1.165) is 0 Å². The summed E-state index contributed by atoms with van der Waals surface area (Å²) in [5.74, 6) is -2.69. The van der Waals surface area contributed by atoms with Crippen LogP contribution < -0.4 is 16.8 Å². The normalized spacial score (nSPS) is 10.6. The lowest BCUT2D eigenvalue weighted by Gasteiger charge is -2.12. The number of halogens is 1. The first-order chi connectivity index (χ1) is 9.88. The fourth-order valence-electron chi connectivity index (χ4n) is 1.74. The molecule has 0 unspecified atom stereocenters. The van der Waals surface area contributed by atoms with E-state index < -0.39 is 23.8 Å². The molecule has 5 N–H and O–H groups in total. The Labute approximate surface area is 124 Å². The van der Waals surface area contributed by atoms with Crippen molar-refractivity contribution in [3.05, 3.63) is 41.0 Å². The third-order valence-electron chi connectivity index (χ3n) is 2.76. The molecule has 1 aromatic heterocycles. The summed E-state index contributed by atoms with van der Waals surface area (Å²) in [7, 11) is 0. The first kappa shape index (κ1) is 14.7. The molecule has 1 aromatic carbocycles. The summed E-state index contributed by atoms with van der Waals surface area (Å²) < 4.78 is 0.